The zero-order valence-electron chi connectivity index (χ0n) is 12.2. The highest BCUT2D eigenvalue weighted by Gasteiger charge is 2.18. The lowest BCUT2D eigenvalue weighted by Crippen LogP contribution is -2.36. The van der Waals surface area contributed by atoms with Crippen LogP contribution in [0.4, 0.5) is 0 Å². The monoisotopic (exact) mass is 335 g/mol. The smallest absolute Gasteiger partial charge is 0.317 e. The molecule has 121 valence electrons. The molecular weight excluding hydrogens is 312 g/mol. The molecule has 0 aromatic rings. The average Bonchev–Trinajstić information content (AvgIpc) is 2.44. The van der Waals surface area contributed by atoms with Crippen molar-refractivity contribution in [2.75, 3.05) is 43.9 Å². The van der Waals surface area contributed by atoms with Crippen molar-refractivity contribution in [2.45, 2.75) is 11.7 Å². The lowest BCUT2D eigenvalue weighted by molar-refractivity contribution is -0.137. The number of aliphatic carboxylic acids is 2. The van der Waals surface area contributed by atoms with Crippen LogP contribution in [0.1, 0.15) is 6.42 Å². The third-order valence-corrected chi connectivity index (χ3v) is 4.44. The maximum Gasteiger partial charge on any atom is 0.317 e. The minimum Gasteiger partial charge on any atom is -0.481 e. The number of nitrogens with zero attached hydrogens (tertiary/aromatic N) is 1. The number of rotatable bonds is 14. The molecule has 0 bridgehead atoms. The number of carbonyl (C=O) groups is 2. The van der Waals surface area contributed by atoms with Gasteiger partial charge in [0.05, 0.1) is 12.3 Å². The molecule has 1 atom stereocenters. The summed E-state index contributed by atoms with van der Waals surface area (Å²) in [5.41, 5.74) is 0. The normalized spacial score (nSPS) is 12.5. The molecule has 3 N–H and O–H groups in total. The van der Waals surface area contributed by atoms with Gasteiger partial charge in [0.15, 0.2) is 0 Å². The topological polar surface area (TPSA) is 89.9 Å². The summed E-state index contributed by atoms with van der Waals surface area (Å²) in [6, 6.07) is 0. The zero-order chi connectivity index (χ0) is 16.1. The summed E-state index contributed by atoms with van der Waals surface area (Å²) in [5, 5.41) is 20.0. The van der Waals surface area contributed by atoms with Crippen LogP contribution in [0.5, 0.6) is 0 Å². The van der Waals surface area contributed by atoms with Gasteiger partial charge in [0.25, 0.3) is 0 Å². The molecule has 0 rings (SSSR count). The molecule has 0 aliphatic rings. The molecule has 0 aliphatic carbocycles. The van der Waals surface area contributed by atoms with E-state index in [1.54, 1.807) is 6.26 Å². The van der Waals surface area contributed by atoms with Crippen LogP contribution in [-0.4, -0.2) is 76.2 Å². The van der Waals surface area contributed by atoms with Gasteiger partial charge >= 0.3 is 11.9 Å². The highest BCUT2D eigenvalue weighted by atomic mass is 32.2. The Morgan fingerprint density at radius 3 is 2.67 bits per heavy atom. The van der Waals surface area contributed by atoms with Crippen LogP contribution in [0.25, 0.3) is 0 Å². The molecule has 0 aliphatic heterocycles. The van der Waals surface area contributed by atoms with E-state index in [1.807, 2.05) is 4.90 Å². The minimum absolute atomic E-state index is 0.113. The predicted molar refractivity (Wildman–Crippen MR) is 87.6 cm³/mol. The Bertz CT molecular complexity index is 306. The third kappa shape index (κ3) is 11.9. The average molecular weight is 335 g/mol. The van der Waals surface area contributed by atoms with Gasteiger partial charge in [0.2, 0.25) is 0 Å². The van der Waals surface area contributed by atoms with Crippen molar-refractivity contribution in [1.82, 2.24) is 10.2 Å². The second-order valence-electron chi connectivity index (χ2n) is 4.16. The van der Waals surface area contributed by atoms with Crippen molar-refractivity contribution in [1.29, 1.82) is 0 Å². The van der Waals surface area contributed by atoms with Crippen molar-refractivity contribution in [2.24, 2.45) is 0 Å². The number of carboxylic acids is 2. The van der Waals surface area contributed by atoms with Crippen LogP contribution in [0.2, 0.25) is 0 Å². The molecule has 0 amide bonds. The third-order valence-electron chi connectivity index (χ3n) is 2.58. The van der Waals surface area contributed by atoms with Crippen LogP contribution in [0, 0.1) is 13.5 Å². The molecule has 0 spiro atoms. The number of thioether (sulfide) groups is 2. The van der Waals surface area contributed by atoms with Gasteiger partial charge in [-0.15, -0.1) is 23.5 Å². The highest BCUT2D eigenvalue weighted by molar-refractivity contribution is 8.00. The van der Waals surface area contributed by atoms with Crippen LogP contribution in [-0.2, 0) is 9.59 Å². The lowest BCUT2D eigenvalue weighted by atomic mass is 10.3. The van der Waals surface area contributed by atoms with E-state index < -0.39 is 17.2 Å². The van der Waals surface area contributed by atoms with Gasteiger partial charge in [0, 0.05) is 25.4 Å². The Balaban J connectivity index is 3.63. The SMILES string of the molecule is [CH2]CN(CC[C]NCCSCC(=O)O)CC(SC)C(=O)O. The van der Waals surface area contributed by atoms with E-state index >= 15 is 0 Å². The number of hydrogen-bond donors (Lipinski definition) is 3. The second kappa shape index (κ2) is 13.2. The lowest BCUT2D eigenvalue weighted by Gasteiger charge is -2.23. The molecular formula is C13H23N2O4S2. The van der Waals surface area contributed by atoms with E-state index in [1.165, 1.54) is 23.5 Å². The van der Waals surface area contributed by atoms with Crippen LogP contribution in [0.15, 0.2) is 0 Å². The molecule has 6 nitrogen and oxygen atoms in total. The van der Waals surface area contributed by atoms with Crippen molar-refractivity contribution in [3.8, 4) is 0 Å². The van der Waals surface area contributed by atoms with Gasteiger partial charge in [-0.3, -0.25) is 9.59 Å². The van der Waals surface area contributed by atoms with Crippen molar-refractivity contribution in [3.05, 3.63) is 13.5 Å². The van der Waals surface area contributed by atoms with E-state index in [2.05, 4.69) is 18.8 Å². The molecule has 0 heterocycles. The molecule has 3 radical (unpaired) electrons. The molecule has 21 heavy (non-hydrogen) atoms. The first-order chi connectivity index (χ1) is 10.0. The fourth-order valence-corrected chi connectivity index (χ4v) is 2.58. The Kier molecular flexibility index (Phi) is 13.0. The molecule has 0 saturated carbocycles. The summed E-state index contributed by atoms with van der Waals surface area (Å²) in [5.74, 6) is -0.781. The summed E-state index contributed by atoms with van der Waals surface area (Å²) < 4.78 is 0. The largest absolute Gasteiger partial charge is 0.481 e. The first kappa shape index (κ1) is 20.6. The summed E-state index contributed by atoms with van der Waals surface area (Å²) in [6.07, 6.45) is 2.45. The number of nitrogens with one attached hydrogen (secondary N) is 1. The summed E-state index contributed by atoms with van der Waals surface area (Å²) in [7, 11) is 0. The summed E-state index contributed by atoms with van der Waals surface area (Å²) in [4.78, 5) is 23.2. The Hall–Kier alpha value is -0.440. The highest BCUT2D eigenvalue weighted by Crippen LogP contribution is 2.09. The second-order valence-corrected chi connectivity index (χ2v) is 6.31. The molecule has 0 fully saturated rings. The van der Waals surface area contributed by atoms with Crippen molar-refractivity contribution >= 4 is 35.5 Å². The maximum atomic E-state index is 11.0. The molecule has 0 aromatic heterocycles. The van der Waals surface area contributed by atoms with Crippen LogP contribution in [0.3, 0.4) is 0 Å². The maximum absolute atomic E-state index is 11.0. The van der Waals surface area contributed by atoms with Gasteiger partial charge in [-0.25, -0.2) is 0 Å². The van der Waals surface area contributed by atoms with Gasteiger partial charge in [-0.05, 0) is 26.1 Å². The Morgan fingerprint density at radius 1 is 1.43 bits per heavy atom. The van der Waals surface area contributed by atoms with E-state index in [9.17, 15) is 9.59 Å². The quantitative estimate of drug-likeness (QED) is 0.317. The Morgan fingerprint density at radius 2 is 2.14 bits per heavy atom. The van der Waals surface area contributed by atoms with Crippen LogP contribution >= 0.6 is 23.5 Å². The minimum atomic E-state index is -0.805. The number of carboxylic acid groups (broad SMARTS) is 2. The molecule has 1 unspecified atom stereocenters. The van der Waals surface area contributed by atoms with E-state index in [4.69, 9.17) is 10.2 Å². The molecule has 0 saturated heterocycles. The zero-order valence-corrected chi connectivity index (χ0v) is 13.8. The number of hydrogen-bond acceptors (Lipinski definition) is 6. The molecule has 8 heteroatoms. The summed E-state index contributed by atoms with van der Waals surface area (Å²) >= 11 is 2.68. The van der Waals surface area contributed by atoms with Gasteiger partial charge < -0.3 is 20.4 Å². The van der Waals surface area contributed by atoms with E-state index in [-0.39, 0.29) is 5.75 Å². The van der Waals surface area contributed by atoms with E-state index in [0.29, 0.717) is 38.4 Å². The molecule has 0 aromatic carbocycles. The van der Waals surface area contributed by atoms with Crippen molar-refractivity contribution < 1.29 is 19.8 Å². The van der Waals surface area contributed by atoms with Crippen molar-refractivity contribution in [3.63, 3.8) is 0 Å². The Labute approximate surface area is 135 Å². The summed E-state index contributed by atoms with van der Waals surface area (Å²) in [6.45, 7) is 9.22. The van der Waals surface area contributed by atoms with Gasteiger partial charge in [0.1, 0.15) is 5.25 Å². The fourth-order valence-electron chi connectivity index (χ4n) is 1.46. The first-order valence-electron chi connectivity index (χ1n) is 6.53. The van der Waals surface area contributed by atoms with Crippen LogP contribution < -0.4 is 5.32 Å². The fraction of sp³-hybridized carbons (Fsp3) is 0.692. The van der Waals surface area contributed by atoms with E-state index in [0.717, 1.165) is 0 Å². The standard InChI is InChI=1S/C13H23N2O4S2/c1-3-15(9-11(20-2)13(18)19)7-4-5-14-6-8-21-10-12(16)17/h11,14H,1,3-4,6-10H2,2H3,(H,16,17)(H,18,19). The van der Waals surface area contributed by atoms with Gasteiger partial charge in [-0.2, -0.15) is 0 Å². The van der Waals surface area contributed by atoms with Gasteiger partial charge in [-0.1, -0.05) is 0 Å². The predicted octanol–water partition coefficient (Wildman–Crippen LogP) is 0.775. The first-order valence-corrected chi connectivity index (χ1v) is 8.98.